The van der Waals surface area contributed by atoms with E-state index >= 15 is 0 Å². The summed E-state index contributed by atoms with van der Waals surface area (Å²) in [5.74, 6) is -27.2. The summed E-state index contributed by atoms with van der Waals surface area (Å²) in [6.07, 6.45) is 9.57. The third-order valence-electron chi connectivity index (χ3n) is 17.8. The van der Waals surface area contributed by atoms with Crippen LogP contribution in [0.25, 0.3) is 0 Å². The maximum atomic E-state index is 14.0. The Morgan fingerprint density at radius 1 is 0.357 bits per heavy atom. The van der Waals surface area contributed by atoms with E-state index in [-0.39, 0.29) is 12.3 Å². The minimum absolute atomic E-state index is 0.236. The van der Waals surface area contributed by atoms with Crippen molar-refractivity contribution in [3.8, 4) is 23.0 Å². The summed E-state index contributed by atoms with van der Waals surface area (Å²) in [5, 5.41) is 49.4. The highest BCUT2D eigenvalue weighted by atomic mass is 16.6. The first-order valence-electron chi connectivity index (χ1n) is 26.9. The summed E-state index contributed by atoms with van der Waals surface area (Å²) in [7, 11) is 0. The monoisotopic (exact) mass is 1150 g/mol. The molecule has 2 heterocycles. The van der Waals surface area contributed by atoms with Crippen molar-refractivity contribution in [1.29, 1.82) is 0 Å². The van der Waals surface area contributed by atoms with Gasteiger partial charge in [-0.25, -0.2) is 0 Å². The molecule has 24 nitrogen and oxygen atoms in total. The highest BCUT2D eigenvalue weighted by Gasteiger charge is 2.66. The van der Waals surface area contributed by atoms with Crippen molar-refractivity contribution in [2.24, 2.45) is 107 Å². The van der Waals surface area contributed by atoms with Gasteiger partial charge >= 0.3 is 47.8 Å². The first-order valence-corrected chi connectivity index (χ1v) is 26.9. The van der Waals surface area contributed by atoms with Gasteiger partial charge in [-0.1, -0.05) is 36.5 Å². The Morgan fingerprint density at radius 3 is 0.964 bits per heavy atom. The van der Waals surface area contributed by atoms with Gasteiger partial charge in [0.25, 0.3) is 0 Å². The van der Waals surface area contributed by atoms with E-state index in [4.69, 9.17) is 23.8 Å². The first-order chi connectivity index (χ1) is 40.3. The minimum Gasteiger partial charge on any atom is -0.481 e. The van der Waals surface area contributed by atoms with Gasteiger partial charge in [0.05, 0.1) is 77.4 Å². The Bertz CT molecular complexity index is 3540. The van der Waals surface area contributed by atoms with Crippen molar-refractivity contribution in [2.75, 3.05) is 28.0 Å². The number of hydrogen-bond acceptors (Lipinski definition) is 17. The largest absolute Gasteiger partial charge is 0.481 e. The lowest BCUT2D eigenvalue weighted by atomic mass is 9.53. The third kappa shape index (κ3) is 9.55. The number of amides is 3. The first kappa shape index (κ1) is 54.6. The number of nitrogens with one attached hydrogen (secondary N) is 4. The van der Waals surface area contributed by atoms with Gasteiger partial charge in [-0.15, -0.1) is 0 Å². The molecule has 9 aliphatic carbocycles. The number of aliphatic carboxylic acids is 4. The number of fused-ring (bicyclic) bond motifs is 4. The van der Waals surface area contributed by atoms with Gasteiger partial charge in [-0.2, -0.15) is 0 Å². The van der Waals surface area contributed by atoms with E-state index in [1.807, 2.05) is 0 Å². The average molecular weight is 1150 g/mol. The molecule has 0 aromatic heterocycles. The van der Waals surface area contributed by atoms with Crippen molar-refractivity contribution in [3.05, 3.63) is 134 Å². The molecule has 430 valence electrons. The molecule has 2 aliphatic heterocycles. The van der Waals surface area contributed by atoms with Crippen LogP contribution in [-0.2, 0) is 67.1 Å². The number of carboxylic acid groups (broad SMARTS) is 4. The Labute approximate surface area is 474 Å². The second-order valence-electron chi connectivity index (χ2n) is 22.1. The average Bonchev–Trinajstić information content (AvgIpc) is 1.84. The van der Waals surface area contributed by atoms with E-state index in [2.05, 4.69) is 21.4 Å². The summed E-state index contributed by atoms with van der Waals surface area (Å²) in [4.78, 5) is 147. The Balaban J connectivity index is 0.623. The van der Waals surface area contributed by atoms with E-state index in [1.165, 1.54) is 24.3 Å². The van der Waals surface area contributed by atoms with Crippen LogP contribution in [0, 0.1) is 107 Å². The zero-order chi connectivity index (χ0) is 59.0. The predicted molar refractivity (Wildman–Crippen MR) is 284 cm³/mol. The molecule has 84 heavy (non-hydrogen) atoms. The van der Waals surface area contributed by atoms with Gasteiger partial charge in [-0.3, -0.25) is 63.1 Å². The fourth-order valence-electron chi connectivity index (χ4n) is 14.3. The van der Waals surface area contributed by atoms with Crippen molar-refractivity contribution >= 4 is 88.2 Å². The summed E-state index contributed by atoms with van der Waals surface area (Å²) >= 11 is 0. The normalized spacial score (nSPS) is 32.3. The number of ether oxygens (including phenoxy) is 4. The van der Waals surface area contributed by atoms with Crippen LogP contribution in [0.3, 0.4) is 0 Å². The molecule has 6 bridgehead atoms. The Kier molecular flexibility index (Phi) is 13.9. The van der Waals surface area contributed by atoms with Gasteiger partial charge in [0.15, 0.2) is 0 Å². The number of benzene rings is 4. The van der Waals surface area contributed by atoms with Crippen molar-refractivity contribution < 1.29 is 97.0 Å². The zero-order valence-electron chi connectivity index (χ0n) is 43.6. The molecule has 0 radical (unpaired) electrons. The quantitative estimate of drug-likeness (QED) is 0.0265. The maximum Gasteiger partial charge on any atom is 0.318 e. The highest BCUT2D eigenvalue weighted by Crippen LogP contribution is 2.57. The SMILES string of the molecule is O=C(O)C1C2C=CC(C1CONc1ccc(Oc3ccc(NC(=O)C4C5C=CC(C4C(=O)O)C4C(=O)OC(=O)C54)cc3)cc1)C(C(=O)O)C2C(=O)Nc1ccc(Oc2ccc(NC(=O)C3C4C=CC(C3C(=O)O)C3C(=O)OC(=O)C43)cc2)cc1. The number of rotatable bonds is 18. The molecule has 5 fully saturated rings. The number of allylic oxidation sites excluding steroid dienone is 6. The molecular formula is C60H50N4O20. The minimum atomic E-state index is -1.30. The third-order valence-corrected chi connectivity index (χ3v) is 17.8. The molecular weight excluding hydrogens is 1100 g/mol. The van der Waals surface area contributed by atoms with Gasteiger partial charge in [0.2, 0.25) is 17.7 Å². The van der Waals surface area contributed by atoms with Crippen LogP contribution >= 0.6 is 0 Å². The van der Waals surface area contributed by atoms with Crippen molar-refractivity contribution in [3.63, 3.8) is 0 Å². The molecule has 4 aromatic rings. The molecule has 24 heteroatoms. The van der Waals surface area contributed by atoms with Gasteiger partial charge in [0, 0.05) is 52.6 Å². The Hall–Kier alpha value is -9.97. The summed E-state index contributed by atoms with van der Waals surface area (Å²) in [5.41, 5.74) is 4.13. The molecule has 4 aromatic carbocycles. The smallest absolute Gasteiger partial charge is 0.318 e. The van der Waals surface area contributed by atoms with E-state index in [0.717, 1.165) is 0 Å². The molecule has 3 amide bonds. The second-order valence-corrected chi connectivity index (χ2v) is 22.1. The molecule has 18 atom stereocenters. The number of cyclic esters (lactones) is 4. The molecule has 11 aliphatic rings. The van der Waals surface area contributed by atoms with Crippen LogP contribution in [0.2, 0.25) is 0 Å². The van der Waals surface area contributed by atoms with Crippen molar-refractivity contribution in [1.82, 2.24) is 0 Å². The number of esters is 4. The van der Waals surface area contributed by atoms with E-state index in [0.29, 0.717) is 40.1 Å². The van der Waals surface area contributed by atoms with Crippen LogP contribution in [0.1, 0.15) is 0 Å². The lowest BCUT2D eigenvalue weighted by molar-refractivity contribution is -0.166. The second kappa shape index (κ2) is 21.4. The highest BCUT2D eigenvalue weighted by molar-refractivity contribution is 6.03. The molecule has 8 N–H and O–H groups in total. The molecule has 2 saturated heterocycles. The number of carbonyl (C=O) groups is 11. The van der Waals surface area contributed by atoms with E-state index in [1.54, 1.807) is 109 Å². The van der Waals surface area contributed by atoms with Gasteiger partial charge in [0.1, 0.15) is 23.0 Å². The predicted octanol–water partition coefficient (Wildman–Crippen LogP) is 5.48. The number of hydrogen-bond donors (Lipinski definition) is 8. The lowest BCUT2D eigenvalue weighted by Crippen LogP contribution is -2.57. The standard InChI is InChI=1S/C60H50N4O20/c65-50(61-24-1-9-28(10-2-24)81-29-11-3-25(4-12-29)62-51(66)41-34-19-21-36(44(41)55(72)73)48-46(34)57(76)83-59(48)78)40-33-18-17-32(43(40)54(70)71)38(39(33)53(68)69)23-80-64-27-7-15-31(16-8-27)82-30-13-5-26(6-14-30)63-52(67)42-35-20-22-37(45(42)56(74)75)49-47(35)58(77)84-60(49)79/h1-22,32-49,64H,23H2,(H,61,65)(H,62,66)(H,63,67)(H,68,69)(H,70,71)(H,72,73)(H,74,75). The number of carboxylic acids is 4. The van der Waals surface area contributed by atoms with Crippen molar-refractivity contribution in [2.45, 2.75) is 0 Å². The summed E-state index contributed by atoms with van der Waals surface area (Å²) in [6.45, 7) is -0.236. The van der Waals surface area contributed by atoms with Crippen LogP contribution in [-0.4, -0.2) is 92.5 Å². The summed E-state index contributed by atoms with van der Waals surface area (Å²) < 4.78 is 21.6. The van der Waals surface area contributed by atoms with E-state index < -0.39 is 172 Å². The van der Waals surface area contributed by atoms with Gasteiger partial charge in [-0.05, 0) is 103 Å². The van der Waals surface area contributed by atoms with Crippen LogP contribution < -0.4 is 30.9 Å². The van der Waals surface area contributed by atoms with Gasteiger partial charge < -0.3 is 55.3 Å². The lowest BCUT2D eigenvalue weighted by Gasteiger charge is -2.49. The van der Waals surface area contributed by atoms with Crippen LogP contribution in [0.5, 0.6) is 23.0 Å². The zero-order valence-corrected chi connectivity index (χ0v) is 43.6. The molecule has 3 saturated carbocycles. The fourth-order valence-corrected chi connectivity index (χ4v) is 14.3. The summed E-state index contributed by atoms with van der Waals surface area (Å²) in [6, 6.07) is 25.0. The van der Waals surface area contributed by atoms with Crippen LogP contribution in [0.4, 0.5) is 22.7 Å². The molecule has 0 spiro atoms. The molecule has 15 rings (SSSR count). The Morgan fingerprint density at radius 2 is 0.631 bits per heavy atom. The fraction of sp³-hybridized carbons (Fsp3) is 0.317. The van der Waals surface area contributed by atoms with E-state index in [9.17, 15) is 73.2 Å². The topological polar surface area (TPSA) is 363 Å². The van der Waals surface area contributed by atoms with Crippen LogP contribution in [0.15, 0.2) is 134 Å². The maximum absolute atomic E-state index is 14.0. The number of anilines is 4. The number of carbonyl (C=O) groups excluding carboxylic acids is 7. The molecule has 18 unspecified atom stereocenters.